The van der Waals surface area contributed by atoms with Crippen molar-refractivity contribution in [2.75, 3.05) is 19.5 Å². The van der Waals surface area contributed by atoms with E-state index in [1.54, 1.807) is 7.11 Å². The van der Waals surface area contributed by atoms with E-state index < -0.39 is 0 Å². The third-order valence-corrected chi connectivity index (χ3v) is 3.40. The molecule has 0 amide bonds. The topological polar surface area (TPSA) is 47.0 Å². The van der Waals surface area contributed by atoms with Crippen molar-refractivity contribution in [3.63, 3.8) is 0 Å². The Morgan fingerprint density at radius 1 is 1.41 bits per heavy atom. The van der Waals surface area contributed by atoms with Crippen molar-refractivity contribution in [2.24, 2.45) is 5.92 Å². The van der Waals surface area contributed by atoms with Crippen molar-refractivity contribution < 1.29 is 4.74 Å². The molecule has 1 aromatic heterocycles. The largest absolute Gasteiger partial charge is 0.378 e. The zero-order valence-electron chi connectivity index (χ0n) is 10.9. The van der Waals surface area contributed by atoms with Crippen molar-refractivity contribution in [1.29, 1.82) is 0 Å². The summed E-state index contributed by atoms with van der Waals surface area (Å²) >= 11 is 0. The van der Waals surface area contributed by atoms with Crippen LogP contribution in [-0.4, -0.2) is 24.1 Å². The van der Waals surface area contributed by atoms with Crippen molar-refractivity contribution in [3.8, 4) is 0 Å². The molecule has 0 radical (unpaired) electrons. The minimum Gasteiger partial charge on any atom is -0.378 e. The zero-order valence-corrected chi connectivity index (χ0v) is 10.9. The van der Waals surface area contributed by atoms with Crippen LogP contribution in [0.15, 0.2) is 6.07 Å². The molecule has 17 heavy (non-hydrogen) atoms. The Balaban J connectivity index is 2.23. The van der Waals surface area contributed by atoms with Crippen LogP contribution in [0.2, 0.25) is 0 Å². The van der Waals surface area contributed by atoms with Gasteiger partial charge in [-0.15, -0.1) is 0 Å². The first-order valence-electron chi connectivity index (χ1n) is 6.27. The molecule has 1 aliphatic carbocycles. The molecular weight excluding hydrogens is 214 g/mol. The third-order valence-electron chi connectivity index (χ3n) is 3.40. The number of methoxy groups -OCH3 is 1. The Kier molecular flexibility index (Phi) is 3.94. The monoisotopic (exact) mass is 235 g/mol. The molecule has 4 nitrogen and oxygen atoms in total. The normalized spacial score (nSPS) is 23.9. The van der Waals surface area contributed by atoms with Gasteiger partial charge in [-0.1, -0.05) is 6.92 Å². The zero-order chi connectivity index (χ0) is 12.3. The number of anilines is 1. The van der Waals surface area contributed by atoms with Gasteiger partial charge in [-0.05, 0) is 25.2 Å². The molecule has 0 bridgehead atoms. The van der Waals surface area contributed by atoms with Crippen LogP contribution in [0.25, 0.3) is 0 Å². The highest BCUT2D eigenvalue weighted by molar-refractivity contribution is 5.35. The third kappa shape index (κ3) is 2.94. The Morgan fingerprint density at radius 2 is 2.24 bits per heavy atom. The summed E-state index contributed by atoms with van der Waals surface area (Å²) in [4.78, 5) is 9.18. The Bertz CT molecular complexity index is 381. The van der Waals surface area contributed by atoms with Gasteiger partial charge in [0, 0.05) is 26.1 Å². The molecule has 1 aliphatic rings. The lowest BCUT2D eigenvalue weighted by Gasteiger charge is -2.12. The van der Waals surface area contributed by atoms with Crippen molar-refractivity contribution in [1.82, 2.24) is 9.97 Å². The Morgan fingerprint density at radius 3 is 2.82 bits per heavy atom. The Hall–Kier alpha value is -1.16. The van der Waals surface area contributed by atoms with E-state index in [2.05, 4.69) is 22.2 Å². The van der Waals surface area contributed by atoms with Gasteiger partial charge in [0.1, 0.15) is 11.6 Å². The predicted molar refractivity (Wildman–Crippen MR) is 68.0 cm³/mol. The van der Waals surface area contributed by atoms with Crippen LogP contribution in [0, 0.1) is 5.92 Å². The fourth-order valence-electron chi connectivity index (χ4n) is 2.49. The first kappa shape index (κ1) is 12.3. The van der Waals surface area contributed by atoms with Crippen LogP contribution in [0.3, 0.4) is 0 Å². The van der Waals surface area contributed by atoms with E-state index >= 15 is 0 Å². The highest BCUT2D eigenvalue weighted by atomic mass is 16.5. The lowest BCUT2D eigenvalue weighted by molar-refractivity contribution is 0.181. The van der Waals surface area contributed by atoms with Gasteiger partial charge in [0.25, 0.3) is 0 Å². The second-order valence-corrected chi connectivity index (χ2v) is 4.90. The first-order chi connectivity index (χ1) is 8.22. The molecule has 4 heteroatoms. The molecule has 2 atom stereocenters. The number of ether oxygens (including phenoxy) is 1. The Labute approximate surface area is 103 Å². The number of nitrogens with one attached hydrogen (secondary N) is 1. The standard InChI is InChI=1S/C13H21N3O/c1-9-4-5-10(6-9)13-15-11(8-17-3)7-12(14-2)16-13/h7,9-10H,4-6,8H2,1-3H3,(H,14,15,16). The molecule has 1 aromatic rings. The number of aromatic nitrogens is 2. The smallest absolute Gasteiger partial charge is 0.134 e. The molecule has 0 aliphatic heterocycles. The van der Waals surface area contributed by atoms with Gasteiger partial charge in [-0.2, -0.15) is 0 Å². The number of hydrogen-bond donors (Lipinski definition) is 1. The quantitative estimate of drug-likeness (QED) is 0.871. The minimum atomic E-state index is 0.522. The van der Waals surface area contributed by atoms with Gasteiger partial charge in [-0.25, -0.2) is 9.97 Å². The summed E-state index contributed by atoms with van der Waals surface area (Å²) in [6.45, 7) is 2.85. The fourth-order valence-corrected chi connectivity index (χ4v) is 2.49. The number of nitrogens with zero attached hydrogens (tertiary/aromatic N) is 2. The van der Waals surface area contributed by atoms with E-state index in [1.807, 2.05) is 13.1 Å². The summed E-state index contributed by atoms with van der Waals surface area (Å²) in [6.07, 6.45) is 3.71. The van der Waals surface area contributed by atoms with Crippen molar-refractivity contribution in [2.45, 2.75) is 38.7 Å². The van der Waals surface area contributed by atoms with Crippen LogP contribution < -0.4 is 5.32 Å². The van der Waals surface area contributed by atoms with Crippen molar-refractivity contribution >= 4 is 5.82 Å². The van der Waals surface area contributed by atoms with Crippen LogP contribution in [0.5, 0.6) is 0 Å². The van der Waals surface area contributed by atoms with E-state index in [9.17, 15) is 0 Å². The average molecular weight is 235 g/mol. The van der Waals surface area contributed by atoms with Crippen LogP contribution in [0.4, 0.5) is 5.82 Å². The maximum absolute atomic E-state index is 5.15. The van der Waals surface area contributed by atoms with Gasteiger partial charge < -0.3 is 10.1 Å². The summed E-state index contributed by atoms with van der Waals surface area (Å²) in [5.41, 5.74) is 0.960. The summed E-state index contributed by atoms with van der Waals surface area (Å²) in [6, 6.07) is 1.95. The van der Waals surface area contributed by atoms with Gasteiger partial charge in [0.05, 0.1) is 12.3 Å². The molecule has 0 aromatic carbocycles. The molecule has 1 fully saturated rings. The molecule has 0 saturated heterocycles. The van der Waals surface area contributed by atoms with Crippen LogP contribution >= 0.6 is 0 Å². The van der Waals surface area contributed by atoms with Gasteiger partial charge in [-0.3, -0.25) is 0 Å². The maximum Gasteiger partial charge on any atom is 0.134 e. The summed E-state index contributed by atoms with van der Waals surface area (Å²) < 4.78 is 5.15. The number of hydrogen-bond acceptors (Lipinski definition) is 4. The van der Waals surface area contributed by atoms with E-state index in [0.29, 0.717) is 12.5 Å². The van der Waals surface area contributed by atoms with E-state index in [4.69, 9.17) is 4.74 Å². The minimum absolute atomic E-state index is 0.522. The highest BCUT2D eigenvalue weighted by Gasteiger charge is 2.25. The van der Waals surface area contributed by atoms with Crippen LogP contribution in [-0.2, 0) is 11.3 Å². The lowest BCUT2D eigenvalue weighted by atomic mass is 10.1. The SMILES string of the molecule is CNc1cc(COC)nc(C2CCC(C)C2)n1. The predicted octanol–water partition coefficient (Wildman–Crippen LogP) is 2.57. The highest BCUT2D eigenvalue weighted by Crippen LogP contribution is 2.36. The lowest BCUT2D eigenvalue weighted by Crippen LogP contribution is -2.07. The molecule has 94 valence electrons. The van der Waals surface area contributed by atoms with Gasteiger partial charge in [0.2, 0.25) is 0 Å². The average Bonchev–Trinajstić information content (AvgIpc) is 2.76. The molecule has 0 spiro atoms. The molecule has 1 N–H and O–H groups in total. The second kappa shape index (κ2) is 5.45. The molecule has 2 rings (SSSR count). The molecule has 2 unspecified atom stereocenters. The van der Waals surface area contributed by atoms with E-state index in [0.717, 1.165) is 23.3 Å². The maximum atomic E-state index is 5.15. The second-order valence-electron chi connectivity index (χ2n) is 4.90. The molecule has 1 saturated carbocycles. The van der Waals surface area contributed by atoms with Crippen molar-refractivity contribution in [3.05, 3.63) is 17.6 Å². The van der Waals surface area contributed by atoms with E-state index in [-0.39, 0.29) is 0 Å². The van der Waals surface area contributed by atoms with Gasteiger partial charge in [0.15, 0.2) is 0 Å². The first-order valence-corrected chi connectivity index (χ1v) is 6.27. The molecule has 1 heterocycles. The molecular formula is C13H21N3O. The van der Waals surface area contributed by atoms with E-state index in [1.165, 1.54) is 19.3 Å². The number of rotatable bonds is 4. The summed E-state index contributed by atoms with van der Waals surface area (Å²) in [7, 11) is 3.58. The van der Waals surface area contributed by atoms with Gasteiger partial charge >= 0.3 is 0 Å². The summed E-state index contributed by atoms with van der Waals surface area (Å²) in [5, 5.41) is 3.09. The van der Waals surface area contributed by atoms with Crippen LogP contribution in [0.1, 0.15) is 43.6 Å². The fraction of sp³-hybridized carbons (Fsp3) is 0.692. The summed E-state index contributed by atoms with van der Waals surface area (Å²) in [5.74, 6) is 3.19.